The summed E-state index contributed by atoms with van der Waals surface area (Å²) in [7, 11) is 0. The summed E-state index contributed by atoms with van der Waals surface area (Å²) >= 11 is 0. The first-order valence-corrected chi connectivity index (χ1v) is 14.7. The smallest absolute Gasteiger partial charge is 0.335 e. The number of fused-ring (bicyclic) bond motifs is 3. The lowest BCUT2D eigenvalue weighted by molar-refractivity contribution is -0.129. The summed E-state index contributed by atoms with van der Waals surface area (Å²) in [5, 5.41) is 0. The molecule has 2 aromatic rings. The predicted molar refractivity (Wildman–Crippen MR) is 154 cm³/mol. The molecule has 4 aliphatic rings. The zero-order valence-electron chi connectivity index (χ0n) is 23.2. The summed E-state index contributed by atoms with van der Waals surface area (Å²) in [6.07, 6.45) is 13.6. The van der Waals surface area contributed by atoms with Gasteiger partial charge < -0.3 is 9.64 Å². The molecule has 0 radical (unpaired) electrons. The van der Waals surface area contributed by atoms with Gasteiger partial charge >= 0.3 is 5.97 Å². The van der Waals surface area contributed by atoms with Crippen molar-refractivity contribution < 1.29 is 14.3 Å². The Morgan fingerprint density at radius 2 is 1.63 bits per heavy atom. The van der Waals surface area contributed by atoms with Crippen molar-refractivity contribution in [3.8, 4) is 5.75 Å². The highest BCUT2D eigenvalue weighted by Crippen LogP contribution is 2.58. The molecule has 4 aliphatic carbocycles. The van der Waals surface area contributed by atoms with Crippen molar-refractivity contribution >= 4 is 17.6 Å². The van der Waals surface area contributed by atoms with Gasteiger partial charge in [-0.1, -0.05) is 70.0 Å². The fourth-order valence-electron chi connectivity index (χ4n) is 7.23. The van der Waals surface area contributed by atoms with Gasteiger partial charge in [-0.05, 0) is 91.4 Å². The van der Waals surface area contributed by atoms with Gasteiger partial charge in [0.25, 0.3) is 0 Å². The number of hydrogen-bond donors (Lipinski definition) is 0. The summed E-state index contributed by atoms with van der Waals surface area (Å²) in [6.45, 7) is 8.76. The Kier molecular flexibility index (Phi) is 7.79. The number of carbonyl (C=O) groups excluding carboxylic acids is 2. The Hall–Kier alpha value is -2.88. The topological polar surface area (TPSA) is 46.6 Å². The average molecular weight is 514 g/mol. The molecular weight excluding hydrogens is 470 g/mol. The Morgan fingerprint density at radius 1 is 0.974 bits per heavy atom. The minimum atomic E-state index is -0.483. The van der Waals surface area contributed by atoms with E-state index in [1.54, 1.807) is 6.07 Å². The van der Waals surface area contributed by atoms with E-state index >= 15 is 0 Å². The van der Waals surface area contributed by atoms with Gasteiger partial charge in [0.05, 0.1) is 0 Å². The van der Waals surface area contributed by atoms with Crippen LogP contribution < -0.4 is 9.64 Å². The van der Waals surface area contributed by atoms with Gasteiger partial charge in [0.15, 0.2) is 0 Å². The van der Waals surface area contributed by atoms with Crippen molar-refractivity contribution in [3.05, 3.63) is 72.3 Å². The van der Waals surface area contributed by atoms with E-state index in [1.807, 2.05) is 18.2 Å². The van der Waals surface area contributed by atoms with Crippen LogP contribution in [0.25, 0.3) is 0 Å². The second-order valence-corrected chi connectivity index (χ2v) is 12.4. The molecule has 2 aromatic carbocycles. The van der Waals surface area contributed by atoms with Crippen LogP contribution in [0.2, 0.25) is 0 Å². The maximum atomic E-state index is 14.0. The molecule has 0 unspecified atom stereocenters. The van der Waals surface area contributed by atoms with Gasteiger partial charge in [-0.15, -0.1) is 0 Å². The van der Waals surface area contributed by atoms with Gasteiger partial charge in [0.2, 0.25) is 5.91 Å². The molecule has 0 aromatic heterocycles. The van der Waals surface area contributed by atoms with Crippen molar-refractivity contribution in [2.24, 2.45) is 11.3 Å². The van der Waals surface area contributed by atoms with Crippen molar-refractivity contribution in [3.63, 3.8) is 0 Å². The number of rotatable bonds is 8. The highest BCUT2D eigenvalue weighted by molar-refractivity contribution is 5.95. The maximum Gasteiger partial charge on any atom is 0.335 e. The monoisotopic (exact) mass is 513 g/mol. The Bertz CT molecular complexity index is 1130. The Morgan fingerprint density at radius 3 is 2.24 bits per heavy atom. The first kappa shape index (κ1) is 26.7. The zero-order chi connectivity index (χ0) is 26.8. The lowest BCUT2D eigenvalue weighted by Gasteiger charge is -2.55. The number of nitrogens with zero attached hydrogens (tertiary/aromatic N) is 1. The molecule has 4 heteroatoms. The van der Waals surface area contributed by atoms with E-state index in [0.717, 1.165) is 57.2 Å². The van der Waals surface area contributed by atoms with Gasteiger partial charge in [-0.25, -0.2) is 4.79 Å². The summed E-state index contributed by atoms with van der Waals surface area (Å²) in [5.41, 5.74) is 4.19. The van der Waals surface area contributed by atoms with Crippen molar-refractivity contribution in [1.29, 1.82) is 0 Å². The SMILES string of the molecule is C=CC(=O)Oc1cccc(N(CC23CCC(c4ccc(C(C)C)cc4)(CC2)CC3)C(=O)C2CCCCC2)c1. The van der Waals surface area contributed by atoms with Crippen LogP contribution in [0.5, 0.6) is 5.75 Å². The average Bonchev–Trinajstić information content (AvgIpc) is 2.97. The fourth-order valence-corrected chi connectivity index (χ4v) is 7.23. The van der Waals surface area contributed by atoms with Crippen LogP contribution in [-0.2, 0) is 15.0 Å². The molecule has 0 spiro atoms. The lowest BCUT2D eigenvalue weighted by atomic mass is 9.51. The van der Waals surface area contributed by atoms with E-state index in [1.165, 1.54) is 42.9 Å². The molecule has 1 amide bonds. The van der Waals surface area contributed by atoms with E-state index in [0.29, 0.717) is 11.7 Å². The number of anilines is 1. The first-order valence-electron chi connectivity index (χ1n) is 14.7. The van der Waals surface area contributed by atoms with Crippen LogP contribution >= 0.6 is 0 Å². The van der Waals surface area contributed by atoms with Crippen molar-refractivity contribution in [2.45, 2.75) is 95.8 Å². The quantitative estimate of drug-likeness (QED) is 0.203. The number of hydrogen-bond acceptors (Lipinski definition) is 3. The van der Waals surface area contributed by atoms with E-state index in [9.17, 15) is 9.59 Å². The minimum Gasteiger partial charge on any atom is -0.423 e. The molecule has 4 fully saturated rings. The highest BCUT2D eigenvalue weighted by atomic mass is 16.5. The number of carbonyl (C=O) groups is 2. The second kappa shape index (κ2) is 11.1. The Balaban J connectivity index is 1.37. The van der Waals surface area contributed by atoms with Crippen LogP contribution in [0.1, 0.15) is 102 Å². The molecule has 4 saturated carbocycles. The van der Waals surface area contributed by atoms with Gasteiger partial charge in [0.1, 0.15) is 5.75 Å². The summed E-state index contributed by atoms with van der Waals surface area (Å²) in [5.74, 6) is 0.868. The third-order valence-corrected chi connectivity index (χ3v) is 9.82. The summed E-state index contributed by atoms with van der Waals surface area (Å²) < 4.78 is 5.42. The van der Waals surface area contributed by atoms with E-state index in [-0.39, 0.29) is 22.7 Å². The normalized spacial score (nSPS) is 25.2. The van der Waals surface area contributed by atoms with Gasteiger partial charge in [-0.2, -0.15) is 0 Å². The van der Waals surface area contributed by atoms with Gasteiger partial charge in [0, 0.05) is 30.3 Å². The van der Waals surface area contributed by atoms with E-state index in [2.05, 4.69) is 49.6 Å². The molecule has 202 valence electrons. The van der Waals surface area contributed by atoms with Crippen molar-refractivity contribution in [2.75, 3.05) is 11.4 Å². The summed E-state index contributed by atoms with van der Waals surface area (Å²) in [6, 6.07) is 16.9. The van der Waals surface area contributed by atoms with Gasteiger partial charge in [-0.3, -0.25) is 4.79 Å². The third-order valence-electron chi connectivity index (χ3n) is 9.82. The fraction of sp³-hybridized carbons (Fsp3) is 0.529. The molecule has 38 heavy (non-hydrogen) atoms. The van der Waals surface area contributed by atoms with E-state index < -0.39 is 5.97 Å². The molecule has 4 nitrogen and oxygen atoms in total. The molecule has 0 aliphatic heterocycles. The largest absolute Gasteiger partial charge is 0.423 e. The van der Waals surface area contributed by atoms with Crippen molar-refractivity contribution in [1.82, 2.24) is 0 Å². The number of amides is 1. The van der Waals surface area contributed by atoms with Crippen LogP contribution in [0.4, 0.5) is 5.69 Å². The van der Waals surface area contributed by atoms with Crippen LogP contribution in [-0.4, -0.2) is 18.4 Å². The molecule has 2 bridgehead atoms. The molecular formula is C34H43NO3. The standard InChI is InChI=1S/C34H43NO3/c1-4-31(36)38-30-12-8-11-29(23-30)35(32(37)27-9-6-5-7-10-27)24-33-17-20-34(21-18-33,22-19-33)28-15-13-26(14-16-28)25(2)3/h4,8,11-16,23,25,27H,1,5-7,9-10,17-22,24H2,2-3H3. The number of esters is 1. The summed E-state index contributed by atoms with van der Waals surface area (Å²) in [4.78, 5) is 27.9. The number of benzene rings is 2. The van der Waals surface area contributed by atoms with Crippen LogP contribution in [0.3, 0.4) is 0 Å². The van der Waals surface area contributed by atoms with Crippen LogP contribution in [0.15, 0.2) is 61.2 Å². The zero-order valence-corrected chi connectivity index (χ0v) is 23.2. The maximum absolute atomic E-state index is 14.0. The Labute approximate surface area is 228 Å². The molecule has 0 heterocycles. The third kappa shape index (κ3) is 5.46. The number of ether oxygens (including phenoxy) is 1. The highest BCUT2D eigenvalue weighted by Gasteiger charge is 2.50. The van der Waals surface area contributed by atoms with E-state index in [4.69, 9.17) is 4.74 Å². The first-order chi connectivity index (χ1) is 18.3. The second-order valence-electron chi connectivity index (χ2n) is 12.4. The predicted octanol–water partition coefficient (Wildman–Crippen LogP) is 8.11. The molecule has 6 rings (SSSR count). The lowest BCUT2D eigenvalue weighted by Crippen LogP contribution is -2.51. The molecule has 0 saturated heterocycles. The van der Waals surface area contributed by atoms with Crippen LogP contribution in [0, 0.1) is 11.3 Å². The molecule has 0 N–H and O–H groups in total. The minimum absolute atomic E-state index is 0.0882. The molecule has 0 atom stereocenters.